The molecule has 17 heavy (non-hydrogen) atoms. The maximum absolute atomic E-state index is 11.1. The van der Waals surface area contributed by atoms with E-state index in [0.717, 1.165) is 6.54 Å². The molecule has 94 valence electrons. The lowest BCUT2D eigenvalue weighted by Crippen LogP contribution is -2.36. The predicted molar refractivity (Wildman–Crippen MR) is 70.1 cm³/mol. The van der Waals surface area contributed by atoms with Crippen molar-refractivity contribution in [1.29, 1.82) is 0 Å². The fraction of sp³-hybridized carbons (Fsp3) is 0.643. The van der Waals surface area contributed by atoms with Gasteiger partial charge in [0.2, 0.25) is 5.56 Å². The molecule has 0 amide bonds. The van der Waals surface area contributed by atoms with Crippen LogP contribution in [-0.2, 0) is 0 Å². The molecule has 1 atom stereocenters. The minimum atomic E-state index is -0.0139. The first-order valence-electron chi connectivity index (χ1n) is 6.59. The molecule has 1 fully saturated rings. The van der Waals surface area contributed by atoms with Gasteiger partial charge in [0.25, 0.3) is 0 Å². The Kier molecular flexibility index (Phi) is 4.00. The molecule has 0 aliphatic carbocycles. The molecule has 1 aliphatic heterocycles. The third-order valence-electron chi connectivity index (χ3n) is 3.41. The Morgan fingerprint density at radius 2 is 2.24 bits per heavy atom. The van der Waals surface area contributed by atoms with Gasteiger partial charge in [0.1, 0.15) is 0 Å². The number of nitrogens with zero attached hydrogens (tertiary/aromatic N) is 1. The van der Waals surface area contributed by atoms with Gasteiger partial charge in [0.05, 0.1) is 0 Å². The highest BCUT2D eigenvalue weighted by Gasteiger charge is 2.24. The van der Waals surface area contributed by atoms with E-state index in [1.54, 1.807) is 6.07 Å². The summed E-state index contributed by atoms with van der Waals surface area (Å²) in [5.41, 5.74) is 1.24. The van der Waals surface area contributed by atoms with Gasteiger partial charge in [-0.15, -0.1) is 0 Å². The van der Waals surface area contributed by atoms with Crippen LogP contribution in [0, 0.1) is 5.92 Å². The molecule has 1 aromatic heterocycles. The number of hydrogen-bond acceptors (Lipinski definition) is 2. The molecule has 3 nitrogen and oxygen atoms in total. The van der Waals surface area contributed by atoms with E-state index >= 15 is 0 Å². The van der Waals surface area contributed by atoms with Gasteiger partial charge in [0, 0.05) is 24.8 Å². The van der Waals surface area contributed by atoms with Gasteiger partial charge in [-0.2, -0.15) is 0 Å². The first-order valence-corrected chi connectivity index (χ1v) is 6.59. The van der Waals surface area contributed by atoms with E-state index in [2.05, 4.69) is 23.7 Å². The highest BCUT2D eigenvalue weighted by atomic mass is 16.1. The normalized spacial score (nSPS) is 21.9. The van der Waals surface area contributed by atoms with Crippen LogP contribution in [0.4, 0.5) is 0 Å². The smallest absolute Gasteiger partial charge is 0.247 e. The van der Waals surface area contributed by atoms with Crippen molar-refractivity contribution in [2.75, 3.05) is 13.1 Å². The topological polar surface area (TPSA) is 36.1 Å². The molecule has 0 unspecified atom stereocenters. The Labute approximate surface area is 103 Å². The molecular weight excluding hydrogens is 212 g/mol. The number of aromatic amines is 1. The summed E-state index contributed by atoms with van der Waals surface area (Å²) in [7, 11) is 0. The quantitative estimate of drug-likeness (QED) is 0.872. The van der Waals surface area contributed by atoms with E-state index in [0.29, 0.717) is 12.0 Å². The monoisotopic (exact) mass is 234 g/mol. The summed E-state index contributed by atoms with van der Waals surface area (Å²) >= 11 is 0. The lowest BCUT2D eigenvalue weighted by Gasteiger charge is -2.37. The Hall–Kier alpha value is -1.09. The predicted octanol–water partition coefficient (Wildman–Crippen LogP) is 2.56. The SMILES string of the molecule is CC(C)CN1CCCC[C@H]1c1ccc(=O)[nH]c1. The summed E-state index contributed by atoms with van der Waals surface area (Å²) in [6.45, 7) is 6.85. The molecule has 0 saturated carbocycles. The van der Waals surface area contributed by atoms with Crippen LogP contribution in [0.1, 0.15) is 44.7 Å². The maximum Gasteiger partial charge on any atom is 0.247 e. The molecule has 0 spiro atoms. The van der Waals surface area contributed by atoms with Crippen molar-refractivity contribution in [3.05, 3.63) is 34.2 Å². The zero-order valence-electron chi connectivity index (χ0n) is 10.8. The zero-order valence-corrected chi connectivity index (χ0v) is 10.8. The van der Waals surface area contributed by atoms with Crippen LogP contribution in [0.3, 0.4) is 0 Å². The van der Waals surface area contributed by atoms with Crippen molar-refractivity contribution in [3.8, 4) is 0 Å². The fourth-order valence-electron chi connectivity index (χ4n) is 2.69. The Bertz CT molecular complexity index is 390. The minimum Gasteiger partial charge on any atom is -0.329 e. The third kappa shape index (κ3) is 3.19. The van der Waals surface area contributed by atoms with Crippen LogP contribution in [0.2, 0.25) is 0 Å². The second-order valence-electron chi connectivity index (χ2n) is 5.39. The van der Waals surface area contributed by atoms with Crippen LogP contribution in [0.5, 0.6) is 0 Å². The van der Waals surface area contributed by atoms with Crippen molar-refractivity contribution >= 4 is 0 Å². The first kappa shape index (κ1) is 12.4. The average Bonchev–Trinajstić information content (AvgIpc) is 2.30. The van der Waals surface area contributed by atoms with Gasteiger partial charge in [-0.3, -0.25) is 9.69 Å². The van der Waals surface area contributed by atoms with Gasteiger partial charge in [-0.25, -0.2) is 0 Å². The van der Waals surface area contributed by atoms with Gasteiger partial charge < -0.3 is 4.98 Å². The van der Waals surface area contributed by atoms with E-state index in [-0.39, 0.29) is 5.56 Å². The van der Waals surface area contributed by atoms with Crippen LogP contribution < -0.4 is 5.56 Å². The minimum absolute atomic E-state index is 0.0139. The van der Waals surface area contributed by atoms with E-state index < -0.39 is 0 Å². The van der Waals surface area contributed by atoms with Crippen molar-refractivity contribution in [1.82, 2.24) is 9.88 Å². The summed E-state index contributed by atoms with van der Waals surface area (Å²) in [6.07, 6.45) is 5.68. The molecule has 2 rings (SSSR count). The molecule has 1 N–H and O–H groups in total. The van der Waals surface area contributed by atoms with E-state index in [4.69, 9.17) is 0 Å². The highest BCUT2D eigenvalue weighted by molar-refractivity contribution is 5.14. The number of likely N-dealkylation sites (tertiary alicyclic amines) is 1. The van der Waals surface area contributed by atoms with Crippen LogP contribution in [-0.4, -0.2) is 23.0 Å². The second kappa shape index (κ2) is 5.50. The number of pyridine rings is 1. The Balaban J connectivity index is 2.15. The molecule has 0 bridgehead atoms. The molecule has 1 aromatic rings. The second-order valence-corrected chi connectivity index (χ2v) is 5.39. The summed E-state index contributed by atoms with van der Waals surface area (Å²) in [4.78, 5) is 16.4. The Morgan fingerprint density at radius 1 is 1.41 bits per heavy atom. The maximum atomic E-state index is 11.1. The molecule has 2 heterocycles. The molecule has 1 aliphatic rings. The van der Waals surface area contributed by atoms with Gasteiger partial charge in [-0.05, 0) is 30.9 Å². The number of H-pyrrole nitrogens is 1. The van der Waals surface area contributed by atoms with Gasteiger partial charge in [-0.1, -0.05) is 26.3 Å². The fourth-order valence-corrected chi connectivity index (χ4v) is 2.69. The van der Waals surface area contributed by atoms with Gasteiger partial charge >= 0.3 is 0 Å². The van der Waals surface area contributed by atoms with Crippen LogP contribution >= 0.6 is 0 Å². The summed E-state index contributed by atoms with van der Waals surface area (Å²) in [5, 5.41) is 0. The average molecular weight is 234 g/mol. The van der Waals surface area contributed by atoms with Crippen LogP contribution in [0.25, 0.3) is 0 Å². The first-order chi connectivity index (χ1) is 8.16. The zero-order chi connectivity index (χ0) is 12.3. The van der Waals surface area contributed by atoms with Crippen molar-refractivity contribution in [2.24, 2.45) is 5.92 Å². The van der Waals surface area contributed by atoms with Crippen molar-refractivity contribution < 1.29 is 0 Å². The summed E-state index contributed by atoms with van der Waals surface area (Å²) in [5.74, 6) is 0.693. The van der Waals surface area contributed by atoms with E-state index in [1.165, 1.54) is 31.4 Å². The number of aromatic nitrogens is 1. The van der Waals surface area contributed by atoms with E-state index in [9.17, 15) is 4.79 Å². The molecule has 0 radical (unpaired) electrons. The molecule has 1 saturated heterocycles. The molecule has 3 heteroatoms. The van der Waals surface area contributed by atoms with Crippen LogP contribution in [0.15, 0.2) is 23.1 Å². The largest absolute Gasteiger partial charge is 0.329 e. The number of nitrogens with one attached hydrogen (secondary N) is 1. The number of hydrogen-bond donors (Lipinski definition) is 1. The summed E-state index contributed by atoms with van der Waals surface area (Å²) in [6, 6.07) is 4.10. The summed E-state index contributed by atoms with van der Waals surface area (Å²) < 4.78 is 0. The third-order valence-corrected chi connectivity index (χ3v) is 3.41. The number of rotatable bonds is 3. The number of piperidine rings is 1. The van der Waals surface area contributed by atoms with Crippen molar-refractivity contribution in [2.45, 2.75) is 39.2 Å². The lowest BCUT2D eigenvalue weighted by atomic mass is 9.95. The van der Waals surface area contributed by atoms with E-state index in [1.807, 2.05) is 12.3 Å². The highest BCUT2D eigenvalue weighted by Crippen LogP contribution is 2.30. The lowest BCUT2D eigenvalue weighted by molar-refractivity contribution is 0.132. The molecular formula is C14H22N2O. The molecule has 0 aromatic carbocycles. The van der Waals surface area contributed by atoms with Gasteiger partial charge in [0.15, 0.2) is 0 Å². The standard InChI is InChI=1S/C14H22N2O/c1-11(2)10-16-8-4-3-5-13(16)12-6-7-14(17)15-9-12/h6-7,9,11,13H,3-5,8,10H2,1-2H3,(H,15,17)/t13-/m0/s1. The Morgan fingerprint density at radius 3 is 2.88 bits per heavy atom. The van der Waals surface area contributed by atoms with Crippen molar-refractivity contribution in [3.63, 3.8) is 0 Å².